The Morgan fingerprint density at radius 1 is 1.47 bits per heavy atom. The van der Waals surface area contributed by atoms with Crippen LogP contribution in [-0.4, -0.2) is 22.8 Å². The second kappa shape index (κ2) is 4.58. The van der Waals surface area contributed by atoms with Crippen LogP contribution < -0.4 is 5.32 Å². The lowest BCUT2D eigenvalue weighted by Gasteiger charge is -2.04. The molecule has 0 aromatic carbocycles. The maximum absolute atomic E-state index is 4.27. The summed E-state index contributed by atoms with van der Waals surface area (Å²) in [5, 5.41) is 14.3. The molecule has 1 aliphatic rings. The summed E-state index contributed by atoms with van der Waals surface area (Å²) in [5.41, 5.74) is 0. The average Bonchev–Trinajstić information content (AvgIpc) is 2.73. The van der Waals surface area contributed by atoms with Crippen LogP contribution in [0, 0.1) is 5.92 Å². The van der Waals surface area contributed by atoms with Crippen LogP contribution in [0.3, 0.4) is 0 Å². The molecule has 0 bridgehead atoms. The number of nitrogens with one attached hydrogen (secondary N) is 1. The average molecular weight is 225 g/mol. The van der Waals surface area contributed by atoms with Crippen molar-refractivity contribution in [1.82, 2.24) is 15.5 Å². The summed E-state index contributed by atoms with van der Waals surface area (Å²) in [6.07, 6.45) is 2.32. The van der Waals surface area contributed by atoms with Crippen LogP contribution in [0.5, 0.6) is 0 Å². The lowest BCUT2D eigenvalue weighted by Crippen LogP contribution is -2.24. The molecule has 2 atom stereocenters. The van der Waals surface area contributed by atoms with Gasteiger partial charge in [-0.2, -0.15) is 0 Å². The first-order valence-electron chi connectivity index (χ1n) is 5.72. The van der Waals surface area contributed by atoms with E-state index >= 15 is 0 Å². The first-order valence-corrected chi connectivity index (χ1v) is 6.54. The largest absolute Gasteiger partial charge is 0.314 e. The molecule has 1 N–H and O–H groups in total. The third-order valence-corrected chi connectivity index (χ3v) is 3.92. The van der Waals surface area contributed by atoms with Crippen molar-refractivity contribution in [2.75, 3.05) is 6.54 Å². The van der Waals surface area contributed by atoms with Crippen molar-refractivity contribution in [2.24, 2.45) is 5.92 Å². The highest BCUT2D eigenvalue weighted by Gasteiger charge is 2.36. The smallest absolute Gasteiger partial charge is 0.120 e. The molecule has 3 nitrogen and oxygen atoms in total. The van der Waals surface area contributed by atoms with Crippen LogP contribution in [0.25, 0.3) is 0 Å². The van der Waals surface area contributed by atoms with Crippen molar-refractivity contribution >= 4 is 11.3 Å². The summed E-state index contributed by atoms with van der Waals surface area (Å²) in [7, 11) is 0. The summed E-state index contributed by atoms with van der Waals surface area (Å²) in [6, 6.07) is 0.556. The Morgan fingerprint density at radius 2 is 2.20 bits per heavy atom. The van der Waals surface area contributed by atoms with Gasteiger partial charge in [0, 0.05) is 24.9 Å². The minimum absolute atomic E-state index is 0.556. The Hall–Kier alpha value is -0.480. The van der Waals surface area contributed by atoms with Gasteiger partial charge >= 0.3 is 0 Å². The topological polar surface area (TPSA) is 37.8 Å². The molecule has 2 unspecified atom stereocenters. The predicted molar refractivity (Wildman–Crippen MR) is 63.3 cm³/mol. The molecule has 15 heavy (non-hydrogen) atoms. The van der Waals surface area contributed by atoms with Crippen LogP contribution in [0.4, 0.5) is 0 Å². The van der Waals surface area contributed by atoms with Gasteiger partial charge < -0.3 is 5.32 Å². The fourth-order valence-electron chi connectivity index (χ4n) is 1.65. The number of rotatable bonds is 5. The number of hydrogen-bond donors (Lipinski definition) is 1. The van der Waals surface area contributed by atoms with Crippen molar-refractivity contribution in [3.8, 4) is 0 Å². The van der Waals surface area contributed by atoms with E-state index in [0.29, 0.717) is 12.0 Å². The van der Waals surface area contributed by atoms with E-state index in [4.69, 9.17) is 0 Å². The van der Waals surface area contributed by atoms with Gasteiger partial charge in [0.05, 0.1) is 0 Å². The van der Waals surface area contributed by atoms with Gasteiger partial charge in [0.25, 0.3) is 0 Å². The van der Waals surface area contributed by atoms with Crippen LogP contribution in [0.1, 0.15) is 43.1 Å². The van der Waals surface area contributed by atoms with E-state index in [-0.39, 0.29) is 0 Å². The second-order valence-electron chi connectivity index (χ2n) is 4.71. The summed E-state index contributed by atoms with van der Waals surface area (Å²) >= 11 is 1.80. The quantitative estimate of drug-likeness (QED) is 0.835. The molecule has 0 saturated heterocycles. The first-order chi connectivity index (χ1) is 7.16. The van der Waals surface area contributed by atoms with Crippen LogP contribution in [-0.2, 0) is 6.42 Å². The molecule has 1 saturated carbocycles. The molecule has 2 rings (SSSR count). The molecular weight excluding hydrogens is 206 g/mol. The van der Waals surface area contributed by atoms with Gasteiger partial charge in [0.15, 0.2) is 0 Å². The van der Waals surface area contributed by atoms with Crippen molar-refractivity contribution in [1.29, 1.82) is 0 Å². The van der Waals surface area contributed by atoms with Gasteiger partial charge in [-0.15, -0.1) is 21.5 Å². The van der Waals surface area contributed by atoms with Gasteiger partial charge in [0.2, 0.25) is 0 Å². The third-order valence-electron chi connectivity index (χ3n) is 2.80. The van der Waals surface area contributed by atoms with Gasteiger partial charge in [0.1, 0.15) is 10.0 Å². The molecule has 1 aliphatic carbocycles. The molecule has 0 spiro atoms. The summed E-state index contributed by atoms with van der Waals surface area (Å²) in [5.74, 6) is 1.55. The summed E-state index contributed by atoms with van der Waals surface area (Å²) in [4.78, 5) is 0. The normalized spacial score (nSPS) is 24.8. The van der Waals surface area contributed by atoms with Gasteiger partial charge in [-0.25, -0.2) is 0 Å². The Balaban J connectivity index is 1.80. The number of hydrogen-bond acceptors (Lipinski definition) is 4. The van der Waals surface area contributed by atoms with E-state index in [2.05, 4.69) is 36.3 Å². The van der Waals surface area contributed by atoms with Gasteiger partial charge in [-0.05, 0) is 12.3 Å². The minimum Gasteiger partial charge on any atom is -0.314 e. The SMILES string of the molecule is CC(C)NCCc1nnc(C2CC2C)s1. The molecule has 1 fully saturated rings. The van der Waals surface area contributed by atoms with E-state index in [1.165, 1.54) is 16.4 Å². The maximum Gasteiger partial charge on any atom is 0.120 e. The van der Waals surface area contributed by atoms with Crippen molar-refractivity contribution in [3.05, 3.63) is 10.0 Å². The Bertz CT molecular complexity index is 321. The van der Waals surface area contributed by atoms with Gasteiger partial charge in [-0.1, -0.05) is 20.8 Å². The standard InChI is InChI=1S/C11H19N3S/c1-7(2)12-5-4-10-13-14-11(15-10)9-6-8(9)3/h7-9,12H,4-6H2,1-3H3. The lowest BCUT2D eigenvalue weighted by molar-refractivity contribution is 0.588. The first kappa shape index (κ1) is 11.0. The molecule has 0 radical (unpaired) electrons. The Morgan fingerprint density at radius 3 is 2.80 bits per heavy atom. The Labute approximate surface area is 95.3 Å². The molecule has 0 amide bonds. The summed E-state index contributed by atoms with van der Waals surface area (Å²) < 4.78 is 0. The zero-order valence-corrected chi connectivity index (χ0v) is 10.5. The molecule has 1 aromatic heterocycles. The third kappa shape index (κ3) is 2.98. The lowest BCUT2D eigenvalue weighted by atomic mass is 10.3. The van der Waals surface area contributed by atoms with E-state index in [1.54, 1.807) is 11.3 Å². The van der Waals surface area contributed by atoms with E-state index in [1.807, 2.05) is 0 Å². The fourth-order valence-corrected chi connectivity index (χ4v) is 2.74. The summed E-state index contributed by atoms with van der Waals surface area (Å²) in [6.45, 7) is 7.62. The predicted octanol–water partition coefficient (Wildman–Crippen LogP) is 2.20. The molecule has 1 heterocycles. The highest BCUT2D eigenvalue weighted by atomic mass is 32.1. The van der Waals surface area contributed by atoms with Crippen molar-refractivity contribution in [3.63, 3.8) is 0 Å². The molecule has 4 heteroatoms. The van der Waals surface area contributed by atoms with E-state index in [9.17, 15) is 0 Å². The van der Waals surface area contributed by atoms with Crippen LogP contribution in [0.2, 0.25) is 0 Å². The second-order valence-corrected chi connectivity index (χ2v) is 5.81. The highest BCUT2D eigenvalue weighted by Crippen LogP contribution is 2.47. The Kier molecular flexibility index (Phi) is 3.36. The molecule has 1 aromatic rings. The molecule has 0 aliphatic heterocycles. The number of nitrogens with zero attached hydrogens (tertiary/aromatic N) is 2. The minimum atomic E-state index is 0.556. The maximum atomic E-state index is 4.27. The van der Waals surface area contributed by atoms with E-state index in [0.717, 1.165) is 18.9 Å². The molecule has 84 valence electrons. The zero-order valence-electron chi connectivity index (χ0n) is 9.66. The van der Waals surface area contributed by atoms with Crippen LogP contribution in [0.15, 0.2) is 0 Å². The number of aromatic nitrogens is 2. The van der Waals surface area contributed by atoms with Crippen molar-refractivity contribution < 1.29 is 0 Å². The fraction of sp³-hybridized carbons (Fsp3) is 0.818. The monoisotopic (exact) mass is 225 g/mol. The van der Waals surface area contributed by atoms with Gasteiger partial charge in [-0.3, -0.25) is 0 Å². The van der Waals surface area contributed by atoms with E-state index < -0.39 is 0 Å². The van der Waals surface area contributed by atoms with Crippen LogP contribution >= 0.6 is 11.3 Å². The van der Waals surface area contributed by atoms with Crippen molar-refractivity contribution in [2.45, 2.75) is 45.6 Å². The highest BCUT2D eigenvalue weighted by molar-refractivity contribution is 7.11. The molecular formula is C11H19N3S. The zero-order chi connectivity index (χ0) is 10.8.